The van der Waals surface area contributed by atoms with Gasteiger partial charge in [-0.05, 0) is 0 Å². The van der Waals surface area contributed by atoms with Crippen molar-refractivity contribution in [2.75, 3.05) is 13.2 Å². The Bertz CT molecular complexity index is 138. The smallest absolute Gasteiger partial charge is 0.115 e. The van der Waals surface area contributed by atoms with Crippen molar-refractivity contribution < 1.29 is 19.7 Å². The van der Waals surface area contributed by atoms with Gasteiger partial charge >= 0.3 is 0 Å². The van der Waals surface area contributed by atoms with Gasteiger partial charge in [-0.3, -0.25) is 0 Å². The van der Waals surface area contributed by atoms with E-state index in [2.05, 4.69) is 0 Å². The Morgan fingerprint density at radius 1 is 1.50 bits per heavy atom. The Hall–Kier alpha value is -0.160. The molecule has 2 fully saturated rings. The van der Waals surface area contributed by atoms with Crippen LogP contribution >= 0.6 is 0 Å². The van der Waals surface area contributed by atoms with Gasteiger partial charge in [0.2, 0.25) is 0 Å². The van der Waals surface area contributed by atoms with E-state index in [4.69, 9.17) is 14.6 Å². The van der Waals surface area contributed by atoms with Gasteiger partial charge in [-0.25, -0.2) is 0 Å². The first kappa shape index (κ1) is 6.54. The van der Waals surface area contributed by atoms with Crippen LogP contribution in [-0.2, 0) is 9.47 Å². The number of aliphatic hydroxyl groups is 2. The summed E-state index contributed by atoms with van der Waals surface area (Å²) >= 11 is 0. The molecular formula is C6H10O4. The summed E-state index contributed by atoms with van der Waals surface area (Å²) in [5, 5.41) is 17.9. The highest BCUT2D eigenvalue weighted by Crippen LogP contribution is 2.32. The first-order valence-corrected chi connectivity index (χ1v) is 3.39. The molecule has 4 nitrogen and oxygen atoms in total. The average Bonchev–Trinajstić information content (AvgIpc) is 2.68. The topological polar surface area (TPSA) is 62.2 Å². The molecule has 4 heteroatoms. The summed E-state index contributed by atoms with van der Waals surface area (Å²) in [6, 6.07) is 0. The van der Waals surface area contributed by atoms with E-state index in [-0.39, 0.29) is 18.8 Å². The van der Waals surface area contributed by atoms with Crippen molar-refractivity contribution in [3.8, 4) is 0 Å². The standard InChI is InChI=1S/C6H10O4/c7-1-3-5(8)6-4(10-6)2-9-3/h3-8H,1-2H2/t3-,4+,5+,6+/m0/s1. The molecule has 2 aliphatic heterocycles. The van der Waals surface area contributed by atoms with E-state index in [9.17, 15) is 5.11 Å². The van der Waals surface area contributed by atoms with E-state index in [1.54, 1.807) is 0 Å². The van der Waals surface area contributed by atoms with Crippen molar-refractivity contribution >= 4 is 0 Å². The second kappa shape index (κ2) is 2.17. The zero-order valence-electron chi connectivity index (χ0n) is 5.43. The molecule has 2 heterocycles. The monoisotopic (exact) mass is 146 g/mol. The van der Waals surface area contributed by atoms with Gasteiger partial charge in [-0.1, -0.05) is 0 Å². The molecule has 2 N–H and O–H groups in total. The molecule has 4 atom stereocenters. The summed E-state index contributed by atoms with van der Waals surface area (Å²) in [7, 11) is 0. The molecule has 0 amide bonds. The highest BCUT2D eigenvalue weighted by Gasteiger charge is 2.51. The fourth-order valence-electron chi connectivity index (χ4n) is 1.28. The van der Waals surface area contributed by atoms with Crippen molar-refractivity contribution in [1.82, 2.24) is 0 Å². The van der Waals surface area contributed by atoms with E-state index in [1.807, 2.05) is 0 Å². The van der Waals surface area contributed by atoms with E-state index >= 15 is 0 Å². The zero-order chi connectivity index (χ0) is 7.14. The average molecular weight is 146 g/mol. The number of hydrogen-bond donors (Lipinski definition) is 2. The molecule has 2 aliphatic rings. The van der Waals surface area contributed by atoms with Crippen LogP contribution in [0.25, 0.3) is 0 Å². The Labute approximate surface area is 58.4 Å². The van der Waals surface area contributed by atoms with Crippen LogP contribution in [0.5, 0.6) is 0 Å². The fourth-order valence-corrected chi connectivity index (χ4v) is 1.28. The molecule has 0 bridgehead atoms. The van der Waals surface area contributed by atoms with Crippen LogP contribution < -0.4 is 0 Å². The second-order valence-corrected chi connectivity index (χ2v) is 2.68. The summed E-state index contributed by atoms with van der Waals surface area (Å²) in [6.07, 6.45) is -1.07. The lowest BCUT2D eigenvalue weighted by Gasteiger charge is -2.22. The number of epoxide rings is 1. The second-order valence-electron chi connectivity index (χ2n) is 2.68. The first-order chi connectivity index (χ1) is 4.83. The molecule has 10 heavy (non-hydrogen) atoms. The Kier molecular flexibility index (Phi) is 1.42. The summed E-state index contributed by atoms with van der Waals surface area (Å²) < 4.78 is 10.1. The van der Waals surface area contributed by atoms with Gasteiger partial charge < -0.3 is 19.7 Å². The van der Waals surface area contributed by atoms with Crippen LogP contribution in [0, 0.1) is 0 Å². The lowest BCUT2D eigenvalue weighted by atomic mass is 10.1. The quantitative estimate of drug-likeness (QED) is 0.442. The van der Waals surface area contributed by atoms with Crippen molar-refractivity contribution in [2.24, 2.45) is 0 Å². The molecule has 2 rings (SSSR count). The van der Waals surface area contributed by atoms with Crippen LogP contribution in [-0.4, -0.2) is 47.8 Å². The lowest BCUT2D eigenvalue weighted by molar-refractivity contribution is -0.0807. The fraction of sp³-hybridized carbons (Fsp3) is 1.00. The Balaban J connectivity index is 1.97. The minimum absolute atomic E-state index is 0.0779. The van der Waals surface area contributed by atoms with Crippen molar-refractivity contribution in [3.05, 3.63) is 0 Å². The SMILES string of the molecule is OC[C@@H]1OC[C@H]2O[C@H]2[C@@H]1O. The van der Waals surface area contributed by atoms with Gasteiger partial charge in [0.15, 0.2) is 0 Å². The minimum Gasteiger partial charge on any atom is -0.394 e. The molecule has 2 saturated heterocycles. The van der Waals surface area contributed by atoms with Gasteiger partial charge in [0.1, 0.15) is 24.4 Å². The largest absolute Gasteiger partial charge is 0.394 e. The number of rotatable bonds is 1. The molecule has 0 unspecified atom stereocenters. The van der Waals surface area contributed by atoms with Gasteiger partial charge in [-0.2, -0.15) is 0 Å². The molecular weight excluding hydrogens is 136 g/mol. The molecule has 0 radical (unpaired) electrons. The molecule has 0 saturated carbocycles. The molecule has 58 valence electrons. The molecule has 0 aromatic rings. The Morgan fingerprint density at radius 2 is 2.30 bits per heavy atom. The molecule has 0 aromatic heterocycles. The molecule has 0 aromatic carbocycles. The summed E-state index contributed by atoms with van der Waals surface area (Å²) in [4.78, 5) is 0. The summed E-state index contributed by atoms with van der Waals surface area (Å²) in [5.41, 5.74) is 0. The predicted octanol–water partition coefficient (Wildman–Crippen LogP) is -1.49. The van der Waals surface area contributed by atoms with Crippen molar-refractivity contribution in [3.63, 3.8) is 0 Å². The molecule has 0 spiro atoms. The third-order valence-electron chi connectivity index (χ3n) is 1.99. The van der Waals surface area contributed by atoms with E-state index in [1.165, 1.54) is 0 Å². The number of hydrogen-bond acceptors (Lipinski definition) is 4. The van der Waals surface area contributed by atoms with Gasteiger partial charge in [0, 0.05) is 0 Å². The number of ether oxygens (including phenoxy) is 2. The maximum atomic E-state index is 9.27. The third kappa shape index (κ3) is 0.845. The molecule has 0 aliphatic carbocycles. The Morgan fingerprint density at radius 3 is 3.00 bits per heavy atom. The third-order valence-corrected chi connectivity index (χ3v) is 1.99. The highest BCUT2D eigenvalue weighted by atomic mass is 16.6. The van der Waals surface area contributed by atoms with Crippen LogP contribution in [0.3, 0.4) is 0 Å². The normalized spacial score (nSPS) is 52.2. The number of fused-ring (bicyclic) bond motifs is 1. The number of aliphatic hydroxyl groups excluding tert-OH is 2. The summed E-state index contributed by atoms with van der Waals surface area (Å²) in [5.74, 6) is 0. The van der Waals surface area contributed by atoms with Crippen molar-refractivity contribution in [2.45, 2.75) is 24.4 Å². The van der Waals surface area contributed by atoms with Crippen LogP contribution in [0.4, 0.5) is 0 Å². The van der Waals surface area contributed by atoms with E-state index in [0.717, 1.165) is 0 Å². The maximum Gasteiger partial charge on any atom is 0.115 e. The van der Waals surface area contributed by atoms with Gasteiger partial charge in [0.05, 0.1) is 13.2 Å². The van der Waals surface area contributed by atoms with E-state index in [0.29, 0.717) is 6.61 Å². The van der Waals surface area contributed by atoms with Gasteiger partial charge in [-0.15, -0.1) is 0 Å². The van der Waals surface area contributed by atoms with Gasteiger partial charge in [0.25, 0.3) is 0 Å². The lowest BCUT2D eigenvalue weighted by Crippen LogP contribution is -2.42. The van der Waals surface area contributed by atoms with E-state index < -0.39 is 12.2 Å². The highest BCUT2D eigenvalue weighted by molar-refractivity contribution is 4.97. The van der Waals surface area contributed by atoms with Crippen LogP contribution in [0.1, 0.15) is 0 Å². The van der Waals surface area contributed by atoms with Crippen LogP contribution in [0.15, 0.2) is 0 Å². The maximum absolute atomic E-state index is 9.27. The predicted molar refractivity (Wildman–Crippen MR) is 31.5 cm³/mol. The zero-order valence-corrected chi connectivity index (χ0v) is 5.43. The van der Waals surface area contributed by atoms with Crippen molar-refractivity contribution in [1.29, 1.82) is 0 Å². The summed E-state index contributed by atoms with van der Waals surface area (Å²) in [6.45, 7) is 0.376. The first-order valence-electron chi connectivity index (χ1n) is 3.39. The minimum atomic E-state index is -0.635. The van der Waals surface area contributed by atoms with Crippen LogP contribution in [0.2, 0.25) is 0 Å².